The lowest BCUT2D eigenvalue weighted by Gasteiger charge is -2.17. The van der Waals surface area contributed by atoms with Gasteiger partial charge in [-0.25, -0.2) is 4.99 Å². The Morgan fingerprint density at radius 3 is 2.66 bits per heavy atom. The monoisotopic (exact) mass is 444 g/mol. The van der Waals surface area contributed by atoms with Gasteiger partial charge in [0.05, 0.1) is 18.1 Å². The molecule has 0 amide bonds. The molecule has 0 radical (unpaired) electrons. The van der Waals surface area contributed by atoms with Crippen LogP contribution >= 0.6 is 0 Å². The van der Waals surface area contributed by atoms with Crippen molar-refractivity contribution in [2.75, 3.05) is 27.2 Å². The Kier molecular flexibility index (Phi) is 9.33. The number of rotatable bonds is 13. The summed E-state index contributed by atoms with van der Waals surface area (Å²) in [5, 5.41) is 17.4. The quantitative estimate of drug-likeness (QED) is 0.211. The predicted molar refractivity (Wildman–Crippen MR) is 126 cm³/mol. The Hall–Kier alpha value is -3.27. The molecule has 0 aliphatic heterocycles. The van der Waals surface area contributed by atoms with E-state index in [1.807, 2.05) is 31.1 Å². The zero-order chi connectivity index (χ0) is 23.7. The van der Waals surface area contributed by atoms with E-state index in [1.54, 1.807) is 6.08 Å². The van der Waals surface area contributed by atoms with Crippen LogP contribution in [0.15, 0.2) is 46.0 Å². The van der Waals surface area contributed by atoms with Crippen LogP contribution in [0.5, 0.6) is 0 Å². The number of aromatic nitrogens is 3. The molecule has 5 N–H and O–H groups in total. The van der Waals surface area contributed by atoms with E-state index in [4.69, 9.17) is 15.0 Å². The highest BCUT2D eigenvalue weighted by atomic mass is 16.5. The minimum Gasteiger partial charge on any atom is -0.477 e. The molecule has 176 valence electrons. The van der Waals surface area contributed by atoms with Crippen LogP contribution in [-0.2, 0) is 11.3 Å². The highest BCUT2D eigenvalue weighted by Gasteiger charge is 2.09. The first kappa shape index (κ1) is 25.0. The van der Waals surface area contributed by atoms with Crippen molar-refractivity contribution >= 4 is 11.7 Å². The Morgan fingerprint density at radius 1 is 1.31 bits per heavy atom. The second kappa shape index (κ2) is 11.9. The van der Waals surface area contributed by atoms with Crippen LogP contribution in [0.25, 0.3) is 0 Å². The largest absolute Gasteiger partial charge is 0.477 e. The first-order valence-electron chi connectivity index (χ1n) is 10.7. The van der Waals surface area contributed by atoms with Crippen LogP contribution in [0.2, 0.25) is 0 Å². The molecule has 0 unspecified atom stereocenters. The fourth-order valence-electron chi connectivity index (χ4n) is 2.50. The van der Waals surface area contributed by atoms with Gasteiger partial charge in [-0.15, -0.1) is 0 Å². The van der Waals surface area contributed by atoms with E-state index in [0.717, 1.165) is 23.7 Å². The van der Waals surface area contributed by atoms with Crippen molar-refractivity contribution in [1.29, 1.82) is 0 Å². The Morgan fingerprint density at radius 2 is 2.06 bits per heavy atom. The van der Waals surface area contributed by atoms with Gasteiger partial charge in [0, 0.05) is 30.4 Å². The van der Waals surface area contributed by atoms with Gasteiger partial charge in [0.1, 0.15) is 12.4 Å². The summed E-state index contributed by atoms with van der Waals surface area (Å²) in [6.45, 7) is 13.9. The first-order chi connectivity index (χ1) is 15.1. The molecule has 0 aromatic carbocycles. The maximum Gasteiger partial charge on any atom is 0.195 e. The molecule has 2 aromatic heterocycles. The normalized spacial score (nSPS) is 12.7. The number of hydrogen-bond acceptors (Lipinski definition) is 8. The average molecular weight is 445 g/mol. The predicted octanol–water partition coefficient (Wildman–Crippen LogP) is 2.90. The van der Waals surface area contributed by atoms with Crippen molar-refractivity contribution in [1.82, 2.24) is 30.9 Å². The number of ether oxygens (including phenoxy) is 1. The molecule has 0 spiro atoms. The van der Waals surface area contributed by atoms with E-state index < -0.39 is 0 Å². The van der Waals surface area contributed by atoms with Gasteiger partial charge in [-0.05, 0) is 25.9 Å². The zero-order valence-electron chi connectivity index (χ0n) is 19.9. The van der Waals surface area contributed by atoms with Gasteiger partial charge < -0.3 is 30.5 Å². The van der Waals surface area contributed by atoms with Crippen molar-refractivity contribution in [3.05, 3.63) is 53.6 Å². The van der Waals surface area contributed by atoms with Crippen molar-refractivity contribution in [3.63, 3.8) is 0 Å². The molecule has 32 heavy (non-hydrogen) atoms. The summed E-state index contributed by atoms with van der Waals surface area (Å²) in [4.78, 5) is 6.36. The highest BCUT2D eigenvalue weighted by Crippen LogP contribution is 2.17. The number of H-pyrrole nitrogens is 1. The molecular weight excluding hydrogens is 408 g/mol. The molecule has 0 aliphatic carbocycles. The standard InChI is InChI=1S/C22H36N8O2/c1-14(2)18-11-21(28-27-18)26-20(23)12-22(31-9-8-30(6)7)25-16(5)24-13-17-10-19(15(3)4)29-32-17/h10-12,14-15,24-25H,5,8-9,13H2,1-4,6-7H3,(H3,23,26,27,28). The Bertz CT molecular complexity index is 924. The third kappa shape index (κ3) is 8.46. The lowest BCUT2D eigenvalue weighted by Crippen LogP contribution is -2.28. The van der Waals surface area contributed by atoms with E-state index in [2.05, 4.69) is 65.3 Å². The van der Waals surface area contributed by atoms with Gasteiger partial charge in [-0.2, -0.15) is 5.10 Å². The molecule has 2 aromatic rings. The van der Waals surface area contributed by atoms with Gasteiger partial charge in [-0.3, -0.25) is 5.10 Å². The lowest BCUT2D eigenvalue weighted by molar-refractivity contribution is 0.170. The molecule has 0 atom stereocenters. The maximum absolute atomic E-state index is 6.11. The maximum atomic E-state index is 6.11. The van der Waals surface area contributed by atoms with Crippen molar-refractivity contribution < 1.29 is 9.26 Å². The molecule has 10 nitrogen and oxygen atoms in total. The summed E-state index contributed by atoms with van der Waals surface area (Å²) in [6, 6.07) is 3.80. The molecule has 0 fully saturated rings. The van der Waals surface area contributed by atoms with Gasteiger partial charge in [0.25, 0.3) is 0 Å². The van der Waals surface area contributed by atoms with E-state index in [0.29, 0.717) is 42.5 Å². The van der Waals surface area contributed by atoms with E-state index in [9.17, 15) is 0 Å². The van der Waals surface area contributed by atoms with E-state index >= 15 is 0 Å². The molecule has 0 saturated heterocycles. The Balaban J connectivity index is 2.03. The number of amidine groups is 1. The number of hydrogen-bond donors (Lipinski definition) is 4. The summed E-state index contributed by atoms with van der Waals surface area (Å²) in [6.07, 6.45) is 1.61. The van der Waals surface area contributed by atoms with Gasteiger partial charge in [-0.1, -0.05) is 39.4 Å². The smallest absolute Gasteiger partial charge is 0.195 e. The minimum atomic E-state index is 0.253. The van der Waals surface area contributed by atoms with Crippen molar-refractivity contribution in [3.8, 4) is 0 Å². The summed E-state index contributed by atoms with van der Waals surface area (Å²) in [5.41, 5.74) is 8.02. The number of nitrogens with zero attached hydrogens (tertiary/aromatic N) is 4. The number of nitrogens with two attached hydrogens (primary N) is 1. The van der Waals surface area contributed by atoms with Crippen LogP contribution in [-0.4, -0.2) is 53.3 Å². The van der Waals surface area contributed by atoms with E-state index in [-0.39, 0.29) is 5.84 Å². The number of likely N-dealkylation sites (N-methyl/N-ethyl adjacent to an activating group) is 1. The summed E-state index contributed by atoms with van der Waals surface area (Å²) in [5.74, 6) is 3.06. The second-order valence-electron chi connectivity index (χ2n) is 8.36. The first-order valence-corrected chi connectivity index (χ1v) is 10.7. The van der Waals surface area contributed by atoms with Crippen molar-refractivity contribution in [2.24, 2.45) is 10.7 Å². The van der Waals surface area contributed by atoms with Gasteiger partial charge in [0.2, 0.25) is 0 Å². The lowest BCUT2D eigenvalue weighted by atomic mass is 10.1. The SMILES string of the molecule is C=C(NCc1cc(C(C)C)no1)NC(=CC(N)=Nc1cc(C(C)C)[nH]n1)OCCN(C)C. The van der Waals surface area contributed by atoms with Crippen LogP contribution in [0.1, 0.15) is 56.7 Å². The van der Waals surface area contributed by atoms with E-state index in [1.165, 1.54) is 0 Å². The topological polar surface area (TPSA) is 130 Å². The fourth-order valence-corrected chi connectivity index (χ4v) is 2.50. The van der Waals surface area contributed by atoms with Crippen LogP contribution in [0.4, 0.5) is 5.82 Å². The molecule has 0 bridgehead atoms. The Labute approximate surface area is 190 Å². The number of aromatic amines is 1. The summed E-state index contributed by atoms with van der Waals surface area (Å²) in [7, 11) is 3.95. The minimum absolute atomic E-state index is 0.253. The molecule has 2 rings (SSSR count). The fraction of sp³-hybridized carbons (Fsp3) is 0.500. The number of nitrogens with one attached hydrogen (secondary N) is 3. The molecule has 2 heterocycles. The average Bonchev–Trinajstić information content (AvgIpc) is 3.35. The zero-order valence-corrected chi connectivity index (χ0v) is 19.9. The molecule has 10 heteroatoms. The van der Waals surface area contributed by atoms with Crippen LogP contribution < -0.4 is 16.4 Å². The van der Waals surface area contributed by atoms with Gasteiger partial charge in [0.15, 0.2) is 17.5 Å². The van der Waals surface area contributed by atoms with Gasteiger partial charge >= 0.3 is 0 Å². The summed E-state index contributed by atoms with van der Waals surface area (Å²) >= 11 is 0. The molecule has 0 aliphatic rings. The highest BCUT2D eigenvalue weighted by molar-refractivity contribution is 5.93. The third-order valence-corrected chi connectivity index (χ3v) is 4.44. The summed E-state index contributed by atoms with van der Waals surface area (Å²) < 4.78 is 11.2. The van der Waals surface area contributed by atoms with Crippen LogP contribution in [0.3, 0.4) is 0 Å². The third-order valence-electron chi connectivity index (χ3n) is 4.44. The number of aliphatic imine (C=N–C) groups is 1. The molecule has 0 saturated carbocycles. The molecular formula is C22H36N8O2. The second-order valence-corrected chi connectivity index (χ2v) is 8.36. The van der Waals surface area contributed by atoms with Crippen LogP contribution in [0, 0.1) is 0 Å². The van der Waals surface area contributed by atoms with Crippen molar-refractivity contribution in [2.45, 2.75) is 46.1 Å².